The molecule has 0 atom stereocenters. The van der Waals surface area contributed by atoms with Crippen LogP contribution in [0.2, 0.25) is 18.1 Å². The fourth-order valence-electron chi connectivity index (χ4n) is 6.72. The zero-order valence-electron chi connectivity index (χ0n) is 35.9. The normalized spacial score (nSPS) is 15.8. The van der Waals surface area contributed by atoms with Gasteiger partial charge in [0.15, 0.2) is 0 Å². The van der Waals surface area contributed by atoms with Gasteiger partial charge in [-0.1, -0.05) is 77.0 Å². The van der Waals surface area contributed by atoms with Gasteiger partial charge in [-0.05, 0) is 37.4 Å². The van der Waals surface area contributed by atoms with Crippen molar-refractivity contribution >= 4 is 8.24 Å². The van der Waals surface area contributed by atoms with Crippen molar-refractivity contribution in [3.63, 3.8) is 0 Å². The summed E-state index contributed by atoms with van der Waals surface area (Å²) in [4.78, 5) is 0. The summed E-state index contributed by atoms with van der Waals surface area (Å²) in [6.45, 7) is 0. The van der Waals surface area contributed by atoms with Crippen LogP contribution in [0, 0.1) is 0 Å². The van der Waals surface area contributed by atoms with E-state index >= 15 is 0 Å². The number of hydrogen-bond donors (Lipinski definition) is 1. The number of rotatable bonds is 33. The molecule has 0 aliphatic heterocycles. The number of hydrogen-bond acceptors (Lipinski definition) is 1. The Labute approximate surface area is 382 Å². The van der Waals surface area contributed by atoms with Gasteiger partial charge in [-0.3, -0.25) is 0 Å². The van der Waals surface area contributed by atoms with Crippen LogP contribution in [0.4, 0.5) is 145 Å². The van der Waals surface area contributed by atoms with Crippen molar-refractivity contribution in [1.82, 2.24) is 0 Å². The number of unbranched alkanes of at least 4 members (excludes halogenated alkanes) is 12. The summed E-state index contributed by atoms with van der Waals surface area (Å²) in [5.41, 5.74) is 0. The SMILES string of the molecule is N[Si](CCCCCCCC(F)(F)C(F)(F)C(F)(F)C(F)(F)C(F)(F)F)(CCCCCCCC(F)(F)C(F)(F)C(F)(F)C(F)(F)C(F)(F)F)CCCCCCCC(F)(F)C(F)(F)C(F)(F)C(F)(F)C(F)(F)F. The Kier molecular flexibility index (Phi) is 22.3. The molecule has 0 fully saturated rings. The molecule has 0 unspecified atom stereocenters. The van der Waals surface area contributed by atoms with Crippen LogP contribution >= 0.6 is 0 Å². The average molecular weight is 1150 g/mol. The van der Waals surface area contributed by atoms with E-state index < -0.39 is 156 Å². The minimum Gasteiger partial charge on any atom is -0.351 e. The molecule has 0 saturated heterocycles. The molecule has 2 N–H and O–H groups in total. The molecule has 428 valence electrons. The van der Waals surface area contributed by atoms with Crippen LogP contribution in [-0.4, -0.2) is 97.8 Å². The van der Waals surface area contributed by atoms with Gasteiger partial charge in [0.2, 0.25) is 0 Å². The lowest BCUT2D eigenvalue weighted by Crippen LogP contribution is -2.66. The second-order valence-electron chi connectivity index (χ2n) is 16.9. The van der Waals surface area contributed by atoms with Gasteiger partial charge in [-0.15, -0.1) is 0 Å². The first kappa shape index (κ1) is 68.9. The van der Waals surface area contributed by atoms with E-state index in [-0.39, 0.29) is 75.9 Å². The predicted octanol–water partition coefficient (Wildman–Crippen LogP) is 18.2. The molecular weight excluding hydrogens is 1100 g/mol. The summed E-state index contributed by atoms with van der Waals surface area (Å²) < 4.78 is 436. The second-order valence-corrected chi connectivity index (χ2v) is 21.2. The van der Waals surface area contributed by atoms with Crippen molar-refractivity contribution in [2.45, 2.75) is 223 Å². The smallest absolute Gasteiger partial charge is 0.351 e. The molecule has 0 aromatic heterocycles. The lowest BCUT2D eigenvalue weighted by Gasteiger charge is -2.37. The Hall–Kier alpha value is -2.13. The Bertz CT molecular complexity index is 1430. The Balaban J connectivity index is 5.65. The van der Waals surface area contributed by atoms with Crippen LogP contribution in [0.15, 0.2) is 0 Å². The third kappa shape index (κ3) is 14.6. The van der Waals surface area contributed by atoms with Gasteiger partial charge in [0.1, 0.15) is 8.24 Å². The quantitative estimate of drug-likeness (QED) is 0.0396. The molecule has 35 heteroatoms. The van der Waals surface area contributed by atoms with E-state index in [0.717, 1.165) is 0 Å². The monoisotopic (exact) mass is 1150 g/mol. The second kappa shape index (κ2) is 23.0. The van der Waals surface area contributed by atoms with Crippen molar-refractivity contribution in [3.05, 3.63) is 0 Å². The van der Waals surface area contributed by atoms with Gasteiger partial charge in [0.25, 0.3) is 0 Å². The molecule has 0 bridgehead atoms. The van der Waals surface area contributed by atoms with Crippen LogP contribution in [-0.2, 0) is 0 Å². The van der Waals surface area contributed by atoms with E-state index in [2.05, 4.69) is 0 Å². The van der Waals surface area contributed by atoms with Crippen molar-refractivity contribution in [1.29, 1.82) is 0 Å². The summed E-state index contributed by atoms with van der Waals surface area (Å²) in [5, 5.41) is 6.51. The van der Waals surface area contributed by atoms with Crippen LogP contribution in [0.25, 0.3) is 0 Å². The largest absolute Gasteiger partial charge is 0.460 e. The molecule has 0 aliphatic rings. The van der Waals surface area contributed by atoms with Crippen LogP contribution < -0.4 is 5.40 Å². The Morgan fingerprint density at radius 3 is 0.521 bits per heavy atom. The highest BCUT2D eigenvalue weighted by Gasteiger charge is 2.89. The average Bonchev–Trinajstić information content (AvgIpc) is 3.17. The third-order valence-electron chi connectivity index (χ3n) is 11.3. The maximum absolute atomic E-state index is 14.0. The van der Waals surface area contributed by atoms with Gasteiger partial charge >= 0.3 is 89.6 Å². The molecule has 0 aromatic carbocycles. The van der Waals surface area contributed by atoms with Gasteiger partial charge in [-0.2, -0.15) is 145 Å². The fraction of sp³-hybridized carbons (Fsp3) is 1.00. The molecule has 0 heterocycles. The topological polar surface area (TPSA) is 26.0 Å². The Morgan fingerprint density at radius 2 is 0.352 bits per heavy atom. The molecule has 0 radical (unpaired) electrons. The number of nitrogens with two attached hydrogens (primary N) is 1. The van der Waals surface area contributed by atoms with Gasteiger partial charge < -0.3 is 5.40 Å². The first-order valence-electron chi connectivity index (χ1n) is 20.6. The van der Waals surface area contributed by atoms with E-state index in [0.29, 0.717) is 0 Å². The zero-order chi connectivity index (χ0) is 56.8. The first-order valence-corrected chi connectivity index (χ1v) is 23.3. The lowest BCUT2D eigenvalue weighted by atomic mass is 9.94. The van der Waals surface area contributed by atoms with Crippen LogP contribution in [0.5, 0.6) is 0 Å². The highest BCUT2D eigenvalue weighted by molar-refractivity contribution is 6.76. The van der Waals surface area contributed by atoms with Gasteiger partial charge in [0.05, 0.1) is 0 Å². The predicted molar refractivity (Wildman–Crippen MR) is 185 cm³/mol. The maximum Gasteiger partial charge on any atom is 0.460 e. The minimum absolute atomic E-state index is 0.00384. The Morgan fingerprint density at radius 1 is 0.197 bits per heavy atom. The van der Waals surface area contributed by atoms with Crippen LogP contribution in [0.3, 0.4) is 0 Å². The van der Waals surface area contributed by atoms with Gasteiger partial charge in [-0.25, -0.2) is 0 Å². The van der Waals surface area contributed by atoms with Crippen molar-refractivity contribution < 1.29 is 145 Å². The number of halogens is 33. The molecule has 0 aromatic rings. The van der Waals surface area contributed by atoms with Crippen molar-refractivity contribution in [3.8, 4) is 0 Å². The molecule has 0 amide bonds. The summed E-state index contributed by atoms with van der Waals surface area (Å²) in [6.07, 6.45) is -35.2. The van der Waals surface area contributed by atoms with E-state index in [1.165, 1.54) is 0 Å². The van der Waals surface area contributed by atoms with E-state index in [1.807, 2.05) is 0 Å². The highest BCUT2D eigenvalue weighted by atomic mass is 28.3. The standard InChI is InChI=1S/C36H44F33NSi/c37-22(38,25(43,44)28(49,50)31(55,56)34(61,62)63)16-10-4-1-7-13-19-71(70,20-14-8-2-5-11-17-23(39,40)26(45,46)29(51,52)32(57,58)35(64,65)66)21-15-9-3-6-12-18-24(41,42)27(47,48)30(53,54)33(59,60)36(67,68)69/h1-21,70H2. The van der Waals surface area contributed by atoms with E-state index in [9.17, 15) is 145 Å². The summed E-state index contributed by atoms with van der Waals surface area (Å²) in [7, 11) is -3.18. The summed E-state index contributed by atoms with van der Waals surface area (Å²) in [5.74, 6) is -85.7. The molecular formula is C36H44F33NSi. The van der Waals surface area contributed by atoms with Crippen molar-refractivity contribution in [2.24, 2.45) is 5.40 Å². The van der Waals surface area contributed by atoms with Crippen LogP contribution in [0.1, 0.15) is 116 Å². The molecule has 1 nitrogen and oxygen atoms in total. The van der Waals surface area contributed by atoms with Gasteiger partial charge in [0, 0.05) is 19.3 Å². The molecule has 71 heavy (non-hydrogen) atoms. The molecule has 0 rings (SSSR count). The zero-order valence-corrected chi connectivity index (χ0v) is 36.9. The third-order valence-corrected chi connectivity index (χ3v) is 15.4. The maximum atomic E-state index is 14.0. The van der Waals surface area contributed by atoms with Crippen molar-refractivity contribution in [2.75, 3.05) is 0 Å². The first-order chi connectivity index (χ1) is 31.1. The molecule has 0 spiro atoms. The summed E-state index contributed by atoms with van der Waals surface area (Å²) >= 11 is 0. The minimum atomic E-state index is -7.62. The lowest BCUT2D eigenvalue weighted by molar-refractivity contribution is -0.422. The summed E-state index contributed by atoms with van der Waals surface area (Å²) in [6, 6.07) is -0.0115. The van der Waals surface area contributed by atoms with E-state index in [4.69, 9.17) is 5.40 Å². The fourth-order valence-corrected chi connectivity index (χ4v) is 10.3. The van der Waals surface area contributed by atoms with E-state index in [1.54, 1.807) is 0 Å². The molecule has 0 aliphatic carbocycles. The molecule has 0 saturated carbocycles. The number of alkyl halides is 33. The highest BCUT2D eigenvalue weighted by Crippen LogP contribution is 2.61.